The van der Waals surface area contributed by atoms with Crippen LogP contribution in [0.3, 0.4) is 0 Å². The van der Waals surface area contributed by atoms with E-state index in [1.165, 1.54) is 0 Å². The maximum atomic E-state index is 5.97. The van der Waals surface area contributed by atoms with Gasteiger partial charge in [-0.1, -0.05) is 18.2 Å². The summed E-state index contributed by atoms with van der Waals surface area (Å²) in [6.07, 6.45) is 3.42. The van der Waals surface area contributed by atoms with Gasteiger partial charge in [0.1, 0.15) is 25.6 Å². The number of fused-ring (bicyclic) bond motifs is 1. The second kappa shape index (κ2) is 8.16. The van der Waals surface area contributed by atoms with E-state index < -0.39 is 0 Å². The number of nitrogens with one attached hydrogen (secondary N) is 1. The van der Waals surface area contributed by atoms with Gasteiger partial charge in [0.15, 0.2) is 17.3 Å². The number of para-hydroxylation sites is 1. The lowest BCUT2D eigenvalue weighted by Crippen LogP contribution is -2.15. The smallest absolute Gasteiger partial charge is 0.299 e. The lowest BCUT2D eigenvalue weighted by Gasteiger charge is -2.18. The monoisotopic (exact) mass is 401 g/mol. The zero-order valence-corrected chi connectivity index (χ0v) is 16.1. The first-order valence-electron chi connectivity index (χ1n) is 9.60. The summed E-state index contributed by atoms with van der Waals surface area (Å²) in [5, 5.41) is 3.16. The first kappa shape index (κ1) is 18.1. The summed E-state index contributed by atoms with van der Waals surface area (Å²) >= 11 is 0. The molecular formula is C23H19N3O4. The van der Waals surface area contributed by atoms with Crippen molar-refractivity contribution in [2.24, 2.45) is 0 Å². The van der Waals surface area contributed by atoms with Crippen LogP contribution in [0.15, 0.2) is 77.5 Å². The Hall–Kier alpha value is -4.00. The minimum atomic E-state index is 0.369. The summed E-state index contributed by atoms with van der Waals surface area (Å²) < 4.78 is 23.1. The van der Waals surface area contributed by atoms with Gasteiger partial charge in [-0.2, -0.15) is 0 Å². The Morgan fingerprint density at radius 3 is 2.67 bits per heavy atom. The number of aromatic nitrogens is 2. The molecule has 150 valence electrons. The number of oxazole rings is 1. The van der Waals surface area contributed by atoms with Crippen molar-refractivity contribution < 1.29 is 18.6 Å². The van der Waals surface area contributed by atoms with Crippen LogP contribution in [0.5, 0.6) is 17.2 Å². The molecule has 3 heterocycles. The third-order valence-corrected chi connectivity index (χ3v) is 4.55. The van der Waals surface area contributed by atoms with Crippen LogP contribution in [0.25, 0.3) is 11.3 Å². The largest absolute Gasteiger partial charge is 0.487 e. The SMILES string of the molecule is c1ccc(COc2ccccc2-c2cnc(Nc3ccc4c(c3)OCCO4)o2)nc1. The third kappa shape index (κ3) is 3.91. The van der Waals surface area contributed by atoms with Crippen LogP contribution in [0.4, 0.5) is 11.7 Å². The highest BCUT2D eigenvalue weighted by Crippen LogP contribution is 2.35. The second-order valence-corrected chi connectivity index (χ2v) is 6.62. The molecule has 0 aliphatic carbocycles. The number of anilines is 2. The van der Waals surface area contributed by atoms with Gasteiger partial charge in [0.05, 0.1) is 17.5 Å². The molecule has 1 aliphatic heterocycles. The van der Waals surface area contributed by atoms with Gasteiger partial charge in [-0.25, -0.2) is 4.98 Å². The molecule has 0 saturated carbocycles. The van der Waals surface area contributed by atoms with Gasteiger partial charge >= 0.3 is 0 Å². The molecule has 0 amide bonds. The van der Waals surface area contributed by atoms with Crippen molar-refractivity contribution >= 4 is 11.7 Å². The summed E-state index contributed by atoms with van der Waals surface area (Å²) in [5.74, 6) is 2.74. The molecule has 5 rings (SSSR count). The fraction of sp³-hybridized carbons (Fsp3) is 0.130. The third-order valence-electron chi connectivity index (χ3n) is 4.55. The number of pyridine rings is 1. The number of hydrogen-bond acceptors (Lipinski definition) is 7. The molecule has 1 aliphatic rings. The summed E-state index contributed by atoms with van der Waals surface area (Å²) in [6, 6.07) is 19.4. The van der Waals surface area contributed by atoms with E-state index in [1.807, 2.05) is 60.7 Å². The van der Waals surface area contributed by atoms with E-state index in [1.54, 1.807) is 12.4 Å². The lowest BCUT2D eigenvalue weighted by atomic mass is 10.1. The molecule has 0 unspecified atom stereocenters. The van der Waals surface area contributed by atoms with Gasteiger partial charge in [0.2, 0.25) is 0 Å². The van der Waals surface area contributed by atoms with Crippen molar-refractivity contribution in [3.05, 3.63) is 78.8 Å². The van der Waals surface area contributed by atoms with E-state index in [-0.39, 0.29) is 0 Å². The van der Waals surface area contributed by atoms with Crippen LogP contribution in [0, 0.1) is 0 Å². The highest BCUT2D eigenvalue weighted by molar-refractivity contribution is 5.67. The van der Waals surface area contributed by atoms with Crippen LogP contribution in [-0.2, 0) is 6.61 Å². The molecule has 2 aromatic carbocycles. The summed E-state index contributed by atoms with van der Waals surface area (Å²) in [7, 11) is 0. The summed E-state index contributed by atoms with van der Waals surface area (Å²) in [4.78, 5) is 8.63. The number of nitrogens with zero attached hydrogens (tertiary/aromatic N) is 2. The first-order valence-corrected chi connectivity index (χ1v) is 9.60. The molecule has 7 heteroatoms. The van der Waals surface area contributed by atoms with Crippen LogP contribution < -0.4 is 19.5 Å². The molecule has 0 radical (unpaired) electrons. The molecule has 7 nitrogen and oxygen atoms in total. The Bertz CT molecular complexity index is 1140. The van der Waals surface area contributed by atoms with E-state index in [9.17, 15) is 0 Å². The van der Waals surface area contributed by atoms with E-state index in [0.29, 0.717) is 43.1 Å². The van der Waals surface area contributed by atoms with Crippen LogP contribution in [0.2, 0.25) is 0 Å². The van der Waals surface area contributed by atoms with Gasteiger partial charge in [-0.3, -0.25) is 4.98 Å². The molecule has 0 spiro atoms. The van der Waals surface area contributed by atoms with E-state index >= 15 is 0 Å². The minimum absolute atomic E-state index is 0.369. The van der Waals surface area contributed by atoms with Gasteiger partial charge in [0, 0.05) is 18.0 Å². The highest BCUT2D eigenvalue weighted by atomic mass is 16.6. The molecule has 30 heavy (non-hydrogen) atoms. The fourth-order valence-corrected chi connectivity index (χ4v) is 3.13. The first-order chi connectivity index (χ1) is 14.8. The molecule has 0 bridgehead atoms. The van der Waals surface area contributed by atoms with Gasteiger partial charge in [-0.15, -0.1) is 0 Å². The molecule has 0 fully saturated rings. The van der Waals surface area contributed by atoms with Crippen LogP contribution in [-0.4, -0.2) is 23.2 Å². The molecule has 2 aromatic heterocycles. The van der Waals surface area contributed by atoms with Crippen molar-refractivity contribution in [3.63, 3.8) is 0 Å². The standard InChI is InChI=1S/C23H19N3O4/c1-2-7-19(29-15-17-5-3-4-10-24-17)18(6-1)22-14-25-23(30-22)26-16-8-9-20-21(13-16)28-12-11-27-20/h1-10,13-14H,11-12,15H2,(H,25,26). The molecule has 4 aromatic rings. The summed E-state index contributed by atoms with van der Waals surface area (Å²) in [6.45, 7) is 1.47. The van der Waals surface area contributed by atoms with Gasteiger partial charge in [0.25, 0.3) is 6.01 Å². The Morgan fingerprint density at radius 2 is 1.77 bits per heavy atom. The average Bonchev–Trinajstić information content (AvgIpc) is 3.27. The number of rotatable bonds is 6. The zero-order valence-electron chi connectivity index (χ0n) is 16.1. The minimum Gasteiger partial charge on any atom is -0.487 e. The van der Waals surface area contributed by atoms with Gasteiger partial charge in [-0.05, 0) is 36.4 Å². The van der Waals surface area contributed by atoms with E-state index in [0.717, 1.165) is 22.7 Å². The van der Waals surface area contributed by atoms with E-state index in [4.69, 9.17) is 18.6 Å². The second-order valence-electron chi connectivity index (χ2n) is 6.62. The van der Waals surface area contributed by atoms with Crippen LogP contribution in [0.1, 0.15) is 5.69 Å². The van der Waals surface area contributed by atoms with Crippen molar-refractivity contribution in [2.75, 3.05) is 18.5 Å². The quantitative estimate of drug-likeness (QED) is 0.496. The Kier molecular flexibility index (Phi) is 4.91. The Morgan fingerprint density at radius 1 is 0.900 bits per heavy atom. The molecule has 0 saturated heterocycles. The van der Waals surface area contributed by atoms with Crippen LogP contribution >= 0.6 is 0 Å². The Labute approximate surface area is 173 Å². The van der Waals surface area contributed by atoms with Gasteiger partial charge < -0.3 is 23.9 Å². The predicted molar refractivity (Wildman–Crippen MR) is 111 cm³/mol. The van der Waals surface area contributed by atoms with Crippen molar-refractivity contribution in [1.29, 1.82) is 0 Å². The Balaban J connectivity index is 1.33. The number of hydrogen-bond donors (Lipinski definition) is 1. The maximum absolute atomic E-state index is 5.97. The normalized spacial score (nSPS) is 12.4. The summed E-state index contributed by atoms with van der Waals surface area (Å²) in [5.41, 5.74) is 2.47. The van der Waals surface area contributed by atoms with E-state index in [2.05, 4.69) is 15.3 Å². The molecule has 0 atom stereocenters. The van der Waals surface area contributed by atoms with Crippen molar-refractivity contribution in [2.45, 2.75) is 6.61 Å². The predicted octanol–water partition coefficient (Wildman–Crippen LogP) is 4.83. The molecular weight excluding hydrogens is 382 g/mol. The lowest BCUT2D eigenvalue weighted by molar-refractivity contribution is 0.171. The fourth-order valence-electron chi connectivity index (χ4n) is 3.13. The zero-order chi connectivity index (χ0) is 20.2. The number of benzene rings is 2. The highest BCUT2D eigenvalue weighted by Gasteiger charge is 2.15. The topological polar surface area (TPSA) is 78.6 Å². The average molecular weight is 401 g/mol. The molecule has 1 N–H and O–H groups in total. The van der Waals surface area contributed by atoms with Crippen molar-refractivity contribution in [3.8, 4) is 28.6 Å². The maximum Gasteiger partial charge on any atom is 0.299 e. The number of ether oxygens (including phenoxy) is 3. The van der Waals surface area contributed by atoms with Crippen molar-refractivity contribution in [1.82, 2.24) is 9.97 Å².